The SMILES string of the molecule is CC(=O)c1ccc(N2CCN(C3CCS(=O)(=O)C3)CC2)c(F)c1. The van der Waals surface area contributed by atoms with Crippen molar-refractivity contribution in [3.05, 3.63) is 29.6 Å². The minimum absolute atomic E-state index is 0.104. The molecule has 0 bridgehead atoms. The van der Waals surface area contributed by atoms with Gasteiger partial charge in [-0.15, -0.1) is 0 Å². The molecule has 1 aromatic rings. The summed E-state index contributed by atoms with van der Waals surface area (Å²) in [6.07, 6.45) is 0.698. The third-order valence-corrected chi connectivity index (χ3v) is 6.48. The molecule has 0 N–H and O–H groups in total. The van der Waals surface area contributed by atoms with Crippen molar-refractivity contribution in [3.63, 3.8) is 0 Å². The number of piperazine rings is 1. The predicted molar refractivity (Wildman–Crippen MR) is 87.2 cm³/mol. The topological polar surface area (TPSA) is 57.7 Å². The fourth-order valence-electron chi connectivity index (χ4n) is 3.37. The van der Waals surface area contributed by atoms with Crippen LogP contribution in [-0.2, 0) is 9.84 Å². The van der Waals surface area contributed by atoms with Crippen LogP contribution in [0.25, 0.3) is 0 Å². The van der Waals surface area contributed by atoms with E-state index in [4.69, 9.17) is 0 Å². The molecule has 3 rings (SSSR count). The number of benzene rings is 1. The summed E-state index contributed by atoms with van der Waals surface area (Å²) in [6.45, 7) is 4.20. The summed E-state index contributed by atoms with van der Waals surface area (Å²) >= 11 is 0. The van der Waals surface area contributed by atoms with Crippen molar-refractivity contribution in [2.75, 3.05) is 42.6 Å². The van der Waals surface area contributed by atoms with Crippen molar-refractivity contribution in [1.82, 2.24) is 4.90 Å². The Kier molecular flexibility index (Phi) is 4.42. The molecule has 7 heteroatoms. The Morgan fingerprint density at radius 1 is 1.22 bits per heavy atom. The first-order valence-electron chi connectivity index (χ1n) is 7.86. The van der Waals surface area contributed by atoms with Gasteiger partial charge in [0.15, 0.2) is 15.6 Å². The Labute approximate surface area is 136 Å². The molecule has 2 aliphatic heterocycles. The van der Waals surface area contributed by atoms with Crippen LogP contribution in [0, 0.1) is 5.82 Å². The Balaban J connectivity index is 1.64. The normalized spacial score (nSPS) is 24.8. The van der Waals surface area contributed by atoms with Gasteiger partial charge in [-0.05, 0) is 31.5 Å². The summed E-state index contributed by atoms with van der Waals surface area (Å²) in [7, 11) is -2.88. The highest BCUT2D eigenvalue weighted by atomic mass is 32.2. The maximum absolute atomic E-state index is 14.2. The quantitative estimate of drug-likeness (QED) is 0.777. The molecule has 23 heavy (non-hydrogen) atoms. The fraction of sp³-hybridized carbons (Fsp3) is 0.562. The van der Waals surface area contributed by atoms with Gasteiger partial charge in [0, 0.05) is 37.8 Å². The second-order valence-electron chi connectivity index (χ2n) is 6.30. The van der Waals surface area contributed by atoms with Gasteiger partial charge in [-0.3, -0.25) is 9.69 Å². The van der Waals surface area contributed by atoms with Gasteiger partial charge in [-0.1, -0.05) is 0 Å². The Bertz CT molecular complexity index is 712. The van der Waals surface area contributed by atoms with Crippen LogP contribution in [0.3, 0.4) is 0 Å². The average Bonchev–Trinajstić information content (AvgIpc) is 2.87. The van der Waals surface area contributed by atoms with E-state index in [0.29, 0.717) is 30.8 Å². The summed E-state index contributed by atoms with van der Waals surface area (Å²) in [5.41, 5.74) is 0.884. The van der Waals surface area contributed by atoms with Gasteiger partial charge < -0.3 is 4.90 Å². The molecule has 1 aromatic carbocycles. The third kappa shape index (κ3) is 3.55. The Morgan fingerprint density at radius 3 is 2.43 bits per heavy atom. The number of sulfone groups is 1. The standard InChI is InChI=1S/C16H21FN2O3S/c1-12(20)13-2-3-16(15(17)10-13)19-7-5-18(6-8-19)14-4-9-23(21,22)11-14/h2-3,10,14H,4-9,11H2,1H3. The van der Waals surface area contributed by atoms with E-state index in [0.717, 1.165) is 13.1 Å². The lowest BCUT2D eigenvalue weighted by molar-refractivity contribution is 0.101. The number of hydrogen-bond donors (Lipinski definition) is 0. The van der Waals surface area contributed by atoms with Gasteiger partial charge in [0.1, 0.15) is 5.82 Å². The number of rotatable bonds is 3. The number of ketones is 1. The van der Waals surface area contributed by atoms with Crippen LogP contribution in [0.2, 0.25) is 0 Å². The van der Waals surface area contributed by atoms with E-state index in [1.54, 1.807) is 12.1 Å². The van der Waals surface area contributed by atoms with Crippen LogP contribution in [0.4, 0.5) is 10.1 Å². The predicted octanol–water partition coefficient (Wildman–Crippen LogP) is 1.34. The summed E-state index contributed by atoms with van der Waals surface area (Å²) in [4.78, 5) is 15.4. The lowest BCUT2D eigenvalue weighted by atomic mass is 10.1. The van der Waals surface area contributed by atoms with Crippen LogP contribution in [0.1, 0.15) is 23.7 Å². The highest BCUT2D eigenvalue weighted by Gasteiger charge is 2.33. The van der Waals surface area contributed by atoms with Gasteiger partial charge in [0.05, 0.1) is 17.2 Å². The highest BCUT2D eigenvalue weighted by Crippen LogP contribution is 2.24. The summed E-state index contributed by atoms with van der Waals surface area (Å²) in [5, 5.41) is 0. The third-order valence-electron chi connectivity index (χ3n) is 4.73. The van der Waals surface area contributed by atoms with Crippen molar-refractivity contribution in [2.24, 2.45) is 0 Å². The first-order chi connectivity index (χ1) is 10.9. The zero-order valence-corrected chi connectivity index (χ0v) is 14.0. The summed E-state index contributed by atoms with van der Waals surface area (Å²) in [6, 6.07) is 4.69. The van der Waals surface area contributed by atoms with E-state index in [9.17, 15) is 17.6 Å². The molecule has 0 spiro atoms. The van der Waals surface area contributed by atoms with E-state index in [-0.39, 0.29) is 29.1 Å². The molecular weight excluding hydrogens is 319 g/mol. The lowest BCUT2D eigenvalue weighted by Gasteiger charge is -2.38. The number of halogens is 1. The molecule has 0 radical (unpaired) electrons. The van der Waals surface area contributed by atoms with Gasteiger partial charge in [0.25, 0.3) is 0 Å². The van der Waals surface area contributed by atoms with Gasteiger partial charge in [0.2, 0.25) is 0 Å². The molecule has 5 nitrogen and oxygen atoms in total. The molecule has 0 aromatic heterocycles. The van der Waals surface area contributed by atoms with Crippen LogP contribution >= 0.6 is 0 Å². The van der Waals surface area contributed by atoms with Crippen LogP contribution in [-0.4, -0.2) is 62.8 Å². The number of carbonyl (C=O) groups excluding carboxylic acids is 1. The lowest BCUT2D eigenvalue weighted by Crippen LogP contribution is -2.51. The zero-order valence-electron chi connectivity index (χ0n) is 13.2. The van der Waals surface area contributed by atoms with Crippen molar-refractivity contribution < 1.29 is 17.6 Å². The molecule has 126 valence electrons. The second kappa shape index (κ2) is 6.20. The summed E-state index contributed by atoms with van der Waals surface area (Å²) < 4.78 is 37.4. The van der Waals surface area contributed by atoms with E-state index in [2.05, 4.69) is 4.90 Å². The molecule has 1 unspecified atom stereocenters. The number of Topliss-reactive ketones (excluding diaryl/α,β-unsaturated/α-hetero) is 1. The van der Waals surface area contributed by atoms with Crippen LogP contribution < -0.4 is 4.90 Å². The minimum Gasteiger partial charge on any atom is -0.367 e. The first-order valence-corrected chi connectivity index (χ1v) is 9.68. The highest BCUT2D eigenvalue weighted by molar-refractivity contribution is 7.91. The molecule has 2 aliphatic rings. The Morgan fingerprint density at radius 2 is 1.91 bits per heavy atom. The Hall–Kier alpha value is -1.47. The van der Waals surface area contributed by atoms with Crippen molar-refractivity contribution >= 4 is 21.3 Å². The van der Waals surface area contributed by atoms with Crippen molar-refractivity contribution in [1.29, 1.82) is 0 Å². The fourth-order valence-corrected chi connectivity index (χ4v) is 5.14. The average molecular weight is 340 g/mol. The van der Waals surface area contributed by atoms with Crippen LogP contribution in [0.15, 0.2) is 18.2 Å². The largest absolute Gasteiger partial charge is 0.367 e. The second-order valence-corrected chi connectivity index (χ2v) is 8.53. The van der Waals surface area contributed by atoms with Crippen LogP contribution in [0.5, 0.6) is 0 Å². The maximum Gasteiger partial charge on any atom is 0.159 e. The van der Waals surface area contributed by atoms with Gasteiger partial charge >= 0.3 is 0 Å². The molecule has 2 fully saturated rings. The van der Waals surface area contributed by atoms with E-state index in [1.807, 2.05) is 4.90 Å². The van der Waals surface area contributed by atoms with E-state index in [1.165, 1.54) is 13.0 Å². The summed E-state index contributed by atoms with van der Waals surface area (Å²) in [5.74, 6) is -0.00876. The van der Waals surface area contributed by atoms with Crippen molar-refractivity contribution in [3.8, 4) is 0 Å². The zero-order chi connectivity index (χ0) is 16.6. The van der Waals surface area contributed by atoms with Crippen molar-refractivity contribution in [2.45, 2.75) is 19.4 Å². The number of hydrogen-bond acceptors (Lipinski definition) is 5. The molecular formula is C16H21FN2O3S. The number of nitrogens with zero attached hydrogens (tertiary/aromatic N) is 2. The molecule has 0 saturated carbocycles. The molecule has 2 saturated heterocycles. The molecule has 0 aliphatic carbocycles. The number of carbonyl (C=O) groups is 1. The van der Waals surface area contributed by atoms with E-state index < -0.39 is 9.84 Å². The monoisotopic (exact) mass is 340 g/mol. The van der Waals surface area contributed by atoms with Gasteiger partial charge in [-0.25, -0.2) is 12.8 Å². The van der Waals surface area contributed by atoms with E-state index >= 15 is 0 Å². The van der Waals surface area contributed by atoms with Gasteiger partial charge in [-0.2, -0.15) is 0 Å². The minimum atomic E-state index is -2.88. The maximum atomic E-state index is 14.2. The molecule has 2 heterocycles. The molecule has 1 atom stereocenters. The smallest absolute Gasteiger partial charge is 0.159 e. The molecule has 0 amide bonds. The first kappa shape index (κ1) is 16.4. The number of anilines is 1.